The van der Waals surface area contributed by atoms with Crippen molar-refractivity contribution in [3.8, 4) is 0 Å². The maximum Gasteiger partial charge on any atom is 0.227 e. The number of amides is 1. The van der Waals surface area contributed by atoms with Gasteiger partial charge in [-0.15, -0.1) is 0 Å². The largest absolute Gasteiger partial charge is 0.338 e. The van der Waals surface area contributed by atoms with E-state index in [1.165, 1.54) is 0 Å². The van der Waals surface area contributed by atoms with Crippen molar-refractivity contribution in [2.24, 2.45) is 5.92 Å². The fourth-order valence-corrected chi connectivity index (χ4v) is 2.37. The Morgan fingerprint density at radius 1 is 1.61 bits per heavy atom. The van der Waals surface area contributed by atoms with Crippen LogP contribution in [0.5, 0.6) is 0 Å². The van der Waals surface area contributed by atoms with Gasteiger partial charge >= 0.3 is 0 Å². The lowest BCUT2D eigenvalue weighted by atomic mass is 10.1. The molecule has 1 aromatic rings. The molecule has 18 heavy (non-hydrogen) atoms. The van der Waals surface area contributed by atoms with Crippen LogP contribution in [0.3, 0.4) is 0 Å². The molecule has 1 saturated heterocycles. The third-order valence-corrected chi connectivity index (χ3v) is 3.31. The van der Waals surface area contributed by atoms with Crippen molar-refractivity contribution in [2.45, 2.75) is 26.3 Å². The van der Waals surface area contributed by atoms with Crippen LogP contribution in [0.1, 0.15) is 25.3 Å². The Morgan fingerprint density at radius 2 is 2.50 bits per heavy atom. The highest BCUT2D eigenvalue weighted by Gasteiger charge is 2.26. The number of nitrogens with one attached hydrogen (secondary N) is 1. The molecule has 1 fully saturated rings. The summed E-state index contributed by atoms with van der Waals surface area (Å²) in [5, 5.41) is 3.25. The Morgan fingerprint density at radius 3 is 3.11 bits per heavy atom. The van der Waals surface area contributed by atoms with E-state index in [0.29, 0.717) is 6.54 Å². The summed E-state index contributed by atoms with van der Waals surface area (Å²) in [7, 11) is 0. The second-order valence-electron chi connectivity index (χ2n) is 4.81. The zero-order valence-electron chi connectivity index (χ0n) is 10.9. The number of aromatic nitrogens is 1. The molecule has 1 aromatic heterocycles. The number of carbonyl (C=O) groups is 1. The van der Waals surface area contributed by atoms with Gasteiger partial charge < -0.3 is 10.2 Å². The molecule has 0 aromatic carbocycles. The van der Waals surface area contributed by atoms with Crippen molar-refractivity contribution in [3.05, 3.63) is 30.1 Å². The van der Waals surface area contributed by atoms with Crippen molar-refractivity contribution < 1.29 is 4.79 Å². The van der Waals surface area contributed by atoms with E-state index in [1.54, 1.807) is 6.20 Å². The molecule has 0 radical (unpaired) electrons. The van der Waals surface area contributed by atoms with Crippen LogP contribution >= 0.6 is 0 Å². The predicted molar refractivity (Wildman–Crippen MR) is 70.9 cm³/mol. The maximum atomic E-state index is 12.4. The first kappa shape index (κ1) is 13.0. The van der Waals surface area contributed by atoms with Gasteiger partial charge in [0.05, 0.1) is 5.92 Å². The summed E-state index contributed by atoms with van der Waals surface area (Å²) in [5.74, 6) is 0.443. The second kappa shape index (κ2) is 6.50. The number of pyridine rings is 1. The Kier molecular flexibility index (Phi) is 4.70. The summed E-state index contributed by atoms with van der Waals surface area (Å²) >= 11 is 0. The lowest BCUT2D eigenvalue weighted by Crippen LogP contribution is -2.37. The Bertz CT molecular complexity index is 374. The minimum absolute atomic E-state index is 0.160. The highest BCUT2D eigenvalue weighted by Crippen LogP contribution is 2.14. The molecular formula is C14H21N3O. The molecule has 1 aliphatic rings. The van der Waals surface area contributed by atoms with Crippen LogP contribution in [0.4, 0.5) is 0 Å². The van der Waals surface area contributed by atoms with Gasteiger partial charge in [0.15, 0.2) is 0 Å². The summed E-state index contributed by atoms with van der Waals surface area (Å²) in [6.45, 7) is 5.40. The van der Waals surface area contributed by atoms with Crippen molar-refractivity contribution in [3.63, 3.8) is 0 Å². The Labute approximate surface area is 108 Å². The van der Waals surface area contributed by atoms with E-state index in [2.05, 4.69) is 17.2 Å². The fraction of sp³-hybridized carbons (Fsp3) is 0.571. The van der Waals surface area contributed by atoms with E-state index in [9.17, 15) is 4.79 Å². The molecule has 1 atom stereocenters. The van der Waals surface area contributed by atoms with Gasteiger partial charge in [0.2, 0.25) is 5.91 Å². The summed E-state index contributed by atoms with van der Waals surface area (Å²) in [6.07, 6.45) is 5.55. The number of carbonyl (C=O) groups excluding carboxylic acids is 1. The van der Waals surface area contributed by atoms with E-state index in [0.717, 1.165) is 38.0 Å². The van der Waals surface area contributed by atoms with Crippen molar-refractivity contribution in [2.75, 3.05) is 19.6 Å². The lowest BCUT2D eigenvalue weighted by molar-refractivity contribution is -0.135. The van der Waals surface area contributed by atoms with Crippen molar-refractivity contribution in [1.29, 1.82) is 0 Å². The summed E-state index contributed by atoms with van der Waals surface area (Å²) in [5.41, 5.74) is 1.10. The molecular weight excluding hydrogens is 226 g/mol. The van der Waals surface area contributed by atoms with Crippen LogP contribution in [0.25, 0.3) is 0 Å². The fourth-order valence-electron chi connectivity index (χ4n) is 2.37. The highest BCUT2D eigenvalue weighted by atomic mass is 16.2. The number of hydrogen-bond donors (Lipinski definition) is 1. The average Bonchev–Trinajstić information content (AvgIpc) is 2.92. The molecule has 2 rings (SSSR count). The molecule has 1 N–H and O–H groups in total. The molecule has 0 unspecified atom stereocenters. The molecule has 98 valence electrons. The van der Waals surface area contributed by atoms with Crippen LogP contribution in [0.2, 0.25) is 0 Å². The SMILES string of the molecule is CCCN(Cc1cccnc1)C(=O)[C@H]1CCNC1. The van der Waals surface area contributed by atoms with Crippen molar-refractivity contribution >= 4 is 5.91 Å². The maximum absolute atomic E-state index is 12.4. The van der Waals surface area contributed by atoms with E-state index in [-0.39, 0.29) is 11.8 Å². The van der Waals surface area contributed by atoms with Gasteiger partial charge in [-0.25, -0.2) is 0 Å². The normalized spacial score (nSPS) is 18.8. The third kappa shape index (κ3) is 3.29. The molecule has 1 aliphatic heterocycles. The van der Waals surface area contributed by atoms with E-state index in [1.807, 2.05) is 23.2 Å². The summed E-state index contributed by atoms with van der Waals surface area (Å²) in [4.78, 5) is 18.5. The zero-order chi connectivity index (χ0) is 12.8. The van der Waals surface area contributed by atoms with Gasteiger partial charge in [-0.05, 0) is 31.0 Å². The van der Waals surface area contributed by atoms with Crippen molar-refractivity contribution in [1.82, 2.24) is 15.2 Å². The monoisotopic (exact) mass is 247 g/mol. The van der Waals surface area contributed by atoms with E-state index >= 15 is 0 Å². The summed E-state index contributed by atoms with van der Waals surface area (Å²) < 4.78 is 0. The minimum Gasteiger partial charge on any atom is -0.338 e. The smallest absolute Gasteiger partial charge is 0.227 e. The molecule has 4 nitrogen and oxygen atoms in total. The highest BCUT2D eigenvalue weighted by molar-refractivity contribution is 5.79. The lowest BCUT2D eigenvalue weighted by Gasteiger charge is -2.25. The molecule has 0 bridgehead atoms. The standard InChI is InChI=1S/C14H21N3O/c1-2-8-17(11-12-4-3-6-15-9-12)14(18)13-5-7-16-10-13/h3-4,6,9,13,16H,2,5,7-8,10-11H2,1H3/t13-/m0/s1. The van der Waals surface area contributed by atoms with Crippen LogP contribution in [0, 0.1) is 5.92 Å². The molecule has 0 spiro atoms. The summed E-state index contributed by atoms with van der Waals surface area (Å²) in [6, 6.07) is 3.94. The van der Waals surface area contributed by atoms with Gasteiger partial charge in [-0.2, -0.15) is 0 Å². The zero-order valence-corrected chi connectivity index (χ0v) is 10.9. The molecule has 2 heterocycles. The van der Waals surface area contributed by atoms with Crippen LogP contribution < -0.4 is 5.32 Å². The predicted octanol–water partition coefficient (Wildman–Crippen LogP) is 1.43. The average molecular weight is 247 g/mol. The molecule has 0 aliphatic carbocycles. The van der Waals surface area contributed by atoms with E-state index in [4.69, 9.17) is 0 Å². The van der Waals surface area contributed by atoms with Crippen LogP contribution in [-0.4, -0.2) is 35.4 Å². The first-order valence-corrected chi connectivity index (χ1v) is 6.69. The Balaban J connectivity index is 2.00. The van der Waals surface area contributed by atoms with Crippen LogP contribution in [-0.2, 0) is 11.3 Å². The third-order valence-electron chi connectivity index (χ3n) is 3.31. The second-order valence-corrected chi connectivity index (χ2v) is 4.81. The molecule has 0 saturated carbocycles. The number of rotatable bonds is 5. The minimum atomic E-state index is 0.160. The van der Waals surface area contributed by atoms with Crippen LogP contribution in [0.15, 0.2) is 24.5 Å². The number of hydrogen-bond acceptors (Lipinski definition) is 3. The quantitative estimate of drug-likeness (QED) is 0.856. The van der Waals surface area contributed by atoms with Gasteiger partial charge in [0.1, 0.15) is 0 Å². The topological polar surface area (TPSA) is 45.2 Å². The van der Waals surface area contributed by atoms with Gasteiger partial charge in [-0.1, -0.05) is 13.0 Å². The molecule has 4 heteroatoms. The molecule has 1 amide bonds. The van der Waals surface area contributed by atoms with Gasteiger partial charge in [0, 0.05) is 32.0 Å². The van der Waals surface area contributed by atoms with Gasteiger partial charge in [-0.3, -0.25) is 9.78 Å². The van der Waals surface area contributed by atoms with E-state index < -0.39 is 0 Å². The number of nitrogens with zero attached hydrogens (tertiary/aromatic N) is 2. The Hall–Kier alpha value is -1.42. The first-order valence-electron chi connectivity index (χ1n) is 6.69. The van der Waals surface area contributed by atoms with Gasteiger partial charge in [0.25, 0.3) is 0 Å². The first-order chi connectivity index (χ1) is 8.81.